The molecule has 1 amide bonds. The van der Waals surface area contributed by atoms with Crippen molar-refractivity contribution in [3.63, 3.8) is 0 Å². The van der Waals surface area contributed by atoms with Gasteiger partial charge in [0.2, 0.25) is 5.91 Å². The van der Waals surface area contributed by atoms with Gasteiger partial charge >= 0.3 is 0 Å². The molecule has 0 saturated carbocycles. The van der Waals surface area contributed by atoms with Gasteiger partial charge in [0.05, 0.1) is 12.3 Å². The Balaban J connectivity index is 1.58. The summed E-state index contributed by atoms with van der Waals surface area (Å²) in [5, 5.41) is 5.10. The number of amides is 1. The van der Waals surface area contributed by atoms with Gasteiger partial charge < -0.3 is 9.73 Å². The summed E-state index contributed by atoms with van der Waals surface area (Å²) in [4.78, 5) is 15.8. The molecular weight excluding hydrogens is 296 g/mol. The molecule has 2 aromatic rings. The lowest BCUT2D eigenvalue weighted by atomic mass is 10.2. The molecule has 0 aromatic carbocycles. The van der Waals surface area contributed by atoms with Crippen LogP contribution in [0.4, 0.5) is 0 Å². The summed E-state index contributed by atoms with van der Waals surface area (Å²) in [5.74, 6) is 0.599. The predicted molar refractivity (Wildman–Crippen MR) is 88.6 cm³/mol. The maximum absolute atomic E-state index is 12.0. The Morgan fingerprint density at radius 2 is 2.23 bits per heavy atom. The van der Waals surface area contributed by atoms with Crippen molar-refractivity contribution < 1.29 is 9.21 Å². The Morgan fingerprint density at radius 3 is 2.91 bits per heavy atom. The van der Waals surface area contributed by atoms with Gasteiger partial charge in [0.15, 0.2) is 0 Å². The first-order valence-corrected chi connectivity index (χ1v) is 8.48. The van der Waals surface area contributed by atoms with Crippen molar-refractivity contribution in [2.24, 2.45) is 0 Å². The fourth-order valence-electron chi connectivity index (χ4n) is 2.74. The van der Waals surface area contributed by atoms with Crippen molar-refractivity contribution in [3.05, 3.63) is 52.6 Å². The van der Waals surface area contributed by atoms with Crippen LogP contribution in [0.1, 0.15) is 29.5 Å². The van der Waals surface area contributed by atoms with E-state index in [-0.39, 0.29) is 11.9 Å². The first-order valence-electron chi connectivity index (χ1n) is 7.60. The number of carbonyl (C=O) groups is 1. The molecular formula is C17H20N2O2S. The van der Waals surface area contributed by atoms with E-state index in [1.807, 2.05) is 6.07 Å². The molecule has 0 aliphatic carbocycles. The van der Waals surface area contributed by atoms with Gasteiger partial charge in [0.25, 0.3) is 0 Å². The maximum Gasteiger partial charge on any atom is 0.244 e. The Morgan fingerprint density at radius 1 is 1.36 bits per heavy atom. The van der Waals surface area contributed by atoms with Crippen molar-refractivity contribution in [1.29, 1.82) is 0 Å². The van der Waals surface area contributed by atoms with E-state index in [1.54, 1.807) is 29.7 Å². The summed E-state index contributed by atoms with van der Waals surface area (Å²) in [6.07, 6.45) is 7.29. The van der Waals surface area contributed by atoms with Crippen LogP contribution in [-0.2, 0) is 4.79 Å². The SMILES string of the molecule is O=C(/C=C/c1ccco1)NC[C@@H](c1cccs1)N1CCCC1. The number of hydrogen-bond donors (Lipinski definition) is 1. The smallest absolute Gasteiger partial charge is 0.244 e. The second-order valence-electron chi connectivity index (χ2n) is 5.37. The van der Waals surface area contributed by atoms with E-state index in [0.717, 1.165) is 13.1 Å². The monoisotopic (exact) mass is 316 g/mol. The molecule has 3 heterocycles. The van der Waals surface area contributed by atoms with Crippen LogP contribution < -0.4 is 5.32 Å². The highest BCUT2D eigenvalue weighted by atomic mass is 32.1. The first kappa shape index (κ1) is 15.1. The average Bonchev–Trinajstić information content (AvgIpc) is 3.27. The van der Waals surface area contributed by atoms with Gasteiger partial charge in [-0.25, -0.2) is 0 Å². The fraction of sp³-hybridized carbons (Fsp3) is 0.353. The normalized spacial score (nSPS) is 17.1. The number of likely N-dealkylation sites (tertiary alicyclic amines) is 1. The Labute approximate surface area is 134 Å². The van der Waals surface area contributed by atoms with Gasteiger partial charge in [-0.3, -0.25) is 9.69 Å². The van der Waals surface area contributed by atoms with E-state index < -0.39 is 0 Å². The molecule has 1 atom stereocenters. The van der Waals surface area contributed by atoms with Crippen molar-refractivity contribution in [2.45, 2.75) is 18.9 Å². The Kier molecular flexibility index (Phi) is 5.08. The number of nitrogens with one attached hydrogen (secondary N) is 1. The molecule has 1 saturated heterocycles. The van der Waals surface area contributed by atoms with Crippen LogP contribution in [0.3, 0.4) is 0 Å². The average molecular weight is 316 g/mol. The number of rotatable bonds is 6. The summed E-state index contributed by atoms with van der Waals surface area (Å²) < 4.78 is 5.18. The molecule has 0 unspecified atom stereocenters. The van der Waals surface area contributed by atoms with Gasteiger partial charge in [-0.1, -0.05) is 6.07 Å². The topological polar surface area (TPSA) is 45.5 Å². The fourth-order valence-corrected chi connectivity index (χ4v) is 3.60. The van der Waals surface area contributed by atoms with Gasteiger partial charge in [-0.15, -0.1) is 11.3 Å². The molecule has 0 spiro atoms. The molecule has 3 rings (SSSR count). The first-order chi connectivity index (χ1) is 10.8. The lowest BCUT2D eigenvalue weighted by Gasteiger charge is -2.26. The second-order valence-corrected chi connectivity index (χ2v) is 6.35. The lowest BCUT2D eigenvalue weighted by Crippen LogP contribution is -2.35. The minimum Gasteiger partial charge on any atom is -0.465 e. The zero-order valence-corrected chi connectivity index (χ0v) is 13.2. The summed E-state index contributed by atoms with van der Waals surface area (Å²) in [7, 11) is 0. The largest absolute Gasteiger partial charge is 0.465 e. The number of thiophene rings is 1. The molecule has 116 valence electrons. The summed E-state index contributed by atoms with van der Waals surface area (Å²) in [5.41, 5.74) is 0. The van der Waals surface area contributed by atoms with Gasteiger partial charge in [0.1, 0.15) is 5.76 Å². The van der Waals surface area contributed by atoms with Gasteiger partial charge in [-0.05, 0) is 55.6 Å². The van der Waals surface area contributed by atoms with Crippen LogP contribution in [0.15, 0.2) is 46.4 Å². The van der Waals surface area contributed by atoms with Crippen LogP contribution in [0.5, 0.6) is 0 Å². The highest BCUT2D eigenvalue weighted by Gasteiger charge is 2.24. The van der Waals surface area contributed by atoms with E-state index in [0.29, 0.717) is 12.3 Å². The highest BCUT2D eigenvalue weighted by Crippen LogP contribution is 2.27. The minimum atomic E-state index is -0.0860. The summed E-state index contributed by atoms with van der Waals surface area (Å²) >= 11 is 1.75. The van der Waals surface area contributed by atoms with E-state index in [2.05, 4.69) is 27.7 Å². The van der Waals surface area contributed by atoms with Crippen LogP contribution in [0.25, 0.3) is 6.08 Å². The molecule has 4 nitrogen and oxygen atoms in total. The van der Waals surface area contributed by atoms with E-state index in [1.165, 1.54) is 23.8 Å². The molecule has 1 N–H and O–H groups in total. The molecule has 0 bridgehead atoms. The zero-order chi connectivity index (χ0) is 15.2. The number of hydrogen-bond acceptors (Lipinski definition) is 4. The quantitative estimate of drug-likeness (QED) is 0.832. The molecule has 22 heavy (non-hydrogen) atoms. The Hall–Kier alpha value is -1.85. The molecule has 0 radical (unpaired) electrons. The van der Waals surface area contributed by atoms with Crippen LogP contribution in [0, 0.1) is 0 Å². The third kappa shape index (κ3) is 3.87. The number of nitrogens with zero attached hydrogens (tertiary/aromatic N) is 1. The molecule has 2 aromatic heterocycles. The lowest BCUT2D eigenvalue weighted by molar-refractivity contribution is -0.116. The standard InChI is InChI=1S/C17H20N2O2S/c20-17(8-7-14-5-3-11-21-14)18-13-15(16-6-4-12-22-16)19-9-1-2-10-19/h3-8,11-12,15H,1-2,9-10,13H2,(H,18,20)/b8-7+/t15-/m0/s1. The highest BCUT2D eigenvalue weighted by molar-refractivity contribution is 7.10. The molecule has 1 aliphatic rings. The third-order valence-corrected chi connectivity index (χ3v) is 4.84. The minimum absolute atomic E-state index is 0.0860. The van der Waals surface area contributed by atoms with Crippen LogP contribution in [-0.4, -0.2) is 30.4 Å². The number of carbonyl (C=O) groups excluding carboxylic acids is 1. The van der Waals surface area contributed by atoms with Crippen molar-refractivity contribution in [1.82, 2.24) is 10.2 Å². The molecule has 1 fully saturated rings. The van der Waals surface area contributed by atoms with Crippen LogP contribution in [0.2, 0.25) is 0 Å². The molecule has 5 heteroatoms. The Bertz CT molecular complexity index is 599. The summed E-state index contributed by atoms with van der Waals surface area (Å²) in [6, 6.07) is 8.13. The van der Waals surface area contributed by atoms with Gasteiger partial charge in [-0.2, -0.15) is 0 Å². The van der Waals surface area contributed by atoms with Gasteiger partial charge in [0, 0.05) is 17.5 Å². The summed E-state index contributed by atoms with van der Waals surface area (Å²) in [6.45, 7) is 2.86. The zero-order valence-electron chi connectivity index (χ0n) is 12.4. The number of furan rings is 1. The molecule has 1 aliphatic heterocycles. The van der Waals surface area contributed by atoms with Crippen LogP contribution >= 0.6 is 11.3 Å². The second kappa shape index (κ2) is 7.42. The van der Waals surface area contributed by atoms with E-state index >= 15 is 0 Å². The maximum atomic E-state index is 12.0. The predicted octanol–water partition coefficient (Wildman–Crippen LogP) is 3.31. The van der Waals surface area contributed by atoms with Crippen molar-refractivity contribution >= 4 is 23.3 Å². The van der Waals surface area contributed by atoms with Crippen molar-refractivity contribution in [2.75, 3.05) is 19.6 Å². The van der Waals surface area contributed by atoms with E-state index in [4.69, 9.17) is 4.42 Å². The third-order valence-electron chi connectivity index (χ3n) is 3.86. The van der Waals surface area contributed by atoms with E-state index in [9.17, 15) is 4.79 Å². The van der Waals surface area contributed by atoms with Crippen molar-refractivity contribution in [3.8, 4) is 0 Å².